The number of nitrogens with one attached hydrogen (secondary N) is 1. The van der Waals surface area contributed by atoms with Gasteiger partial charge in [-0.25, -0.2) is 9.78 Å². The van der Waals surface area contributed by atoms with Gasteiger partial charge in [-0.3, -0.25) is 0 Å². The molecule has 0 saturated carbocycles. The maximum Gasteiger partial charge on any atom is 0.321 e. The van der Waals surface area contributed by atoms with Crippen LogP contribution in [0.2, 0.25) is 0 Å². The normalized spacial score (nSPS) is 16.2. The minimum atomic E-state index is -0.122. The molecule has 2 heterocycles. The Morgan fingerprint density at radius 2 is 2.26 bits per heavy atom. The summed E-state index contributed by atoms with van der Waals surface area (Å²) in [6.07, 6.45) is 3.27. The van der Waals surface area contributed by atoms with Crippen LogP contribution in [0.15, 0.2) is 18.3 Å². The fourth-order valence-corrected chi connectivity index (χ4v) is 2.10. The highest BCUT2D eigenvalue weighted by atomic mass is 16.5. The van der Waals surface area contributed by atoms with Gasteiger partial charge in [0, 0.05) is 25.8 Å². The number of hydrogen-bond acceptors (Lipinski definition) is 4. The van der Waals surface area contributed by atoms with E-state index in [-0.39, 0.29) is 12.6 Å². The van der Waals surface area contributed by atoms with E-state index in [0.717, 1.165) is 12.8 Å². The van der Waals surface area contributed by atoms with E-state index < -0.39 is 0 Å². The first-order chi connectivity index (χ1) is 9.22. The largest absolute Gasteiger partial charge is 0.481 e. The Bertz CT molecular complexity index is 414. The van der Waals surface area contributed by atoms with Crippen molar-refractivity contribution in [3.63, 3.8) is 0 Å². The molecule has 1 aromatic rings. The van der Waals surface area contributed by atoms with Crippen molar-refractivity contribution in [2.24, 2.45) is 5.92 Å². The smallest absolute Gasteiger partial charge is 0.321 e. The lowest BCUT2D eigenvalue weighted by Gasteiger charge is -2.31. The van der Waals surface area contributed by atoms with Gasteiger partial charge in [0.1, 0.15) is 0 Å². The number of methoxy groups -OCH3 is 1. The molecule has 0 spiro atoms. The fourth-order valence-electron chi connectivity index (χ4n) is 2.10. The van der Waals surface area contributed by atoms with Crippen LogP contribution in [0.3, 0.4) is 0 Å². The minimum Gasteiger partial charge on any atom is -0.481 e. The topological polar surface area (TPSA) is 74.7 Å². The van der Waals surface area contributed by atoms with Gasteiger partial charge in [-0.1, -0.05) is 0 Å². The summed E-state index contributed by atoms with van der Waals surface area (Å²) in [5.41, 5.74) is 0.648. The molecule has 1 saturated heterocycles. The Kier molecular flexibility index (Phi) is 4.57. The number of hydrogen-bond donors (Lipinski definition) is 2. The summed E-state index contributed by atoms with van der Waals surface area (Å²) in [6, 6.07) is 3.33. The molecule has 104 valence electrons. The lowest BCUT2D eigenvalue weighted by Crippen LogP contribution is -2.41. The molecule has 6 heteroatoms. The highest BCUT2D eigenvalue weighted by Crippen LogP contribution is 2.18. The monoisotopic (exact) mass is 265 g/mol. The molecule has 2 amide bonds. The summed E-state index contributed by atoms with van der Waals surface area (Å²) in [7, 11) is 1.55. The molecule has 0 aromatic carbocycles. The van der Waals surface area contributed by atoms with Crippen molar-refractivity contribution in [1.29, 1.82) is 0 Å². The summed E-state index contributed by atoms with van der Waals surface area (Å²) in [5.74, 6) is 0.841. The molecule has 19 heavy (non-hydrogen) atoms. The molecule has 1 aromatic heterocycles. The predicted molar refractivity (Wildman–Crippen MR) is 71.2 cm³/mol. The molecule has 1 aliphatic heterocycles. The van der Waals surface area contributed by atoms with Crippen molar-refractivity contribution < 1.29 is 14.6 Å². The quantitative estimate of drug-likeness (QED) is 0.864. The van der Waals surface area contributed by atoms with Crippen molar-refractivity contribution in [2.45, 2.75) is 12.8 Å². The number of aliphatic hydroxyl groups excluding tert-OH is 1. The number of amides is 2. The third-order valence-corrected chi connectivity index (χ3v) is 3.36. The molecule has 1 fully saturated rings. The summed E-state index contributed by atoms with van der Waals surface area (Å²) < 4.78 is 4.96. The van der Waals surface area contributed by atoms with Gasteiger partial charge in [0.15, 0.2) is 0 Å². The molecule has 1 aliphatic rings. The molecule has 2 rings (SSSR count). The Balaban J connectivity index is 1.86. The maximum atomic E-state index is 12.0. The molecule has 2 N–H and O–H groups in total. The van der Waals surface area contributed by atoms with Gasteiger partial charge in [-0.15, -0.1) is 0 Å². The van der Waals surface area contributed by atoms with Gasteiger partial charge in [0.05, 0.1) is 19.0 Å². The molecular weight excluding hydrogens is 246 g/mol. The highest BCUT2D eigenvalue weighted by molar-refractivity contribution is 5.89. The van der Waals surface area contributed by atoms with Crippen LogP contribution < -0.4 is 10.1 Å². The van der Waals surface area contributed by atoms with Crippen molar-refractivity contribution in [3.05, 3.63) is 18.3 Å². The summed E-state index contributed by atoms with van der Waals surface area (Å²) in [6.45, 7) is 1.57. The molecule has 0 bridgehead atoms. The van der Waals surface area contributed by atoms with E-state index >= 15 is 0 Å². The second-order valence-electron chi connectivity index (χ2n) is 4.63. The van der Waals surface area contributed by atoms with Gasteiger partial charge < -0.3 is 20.1 Å². The Hall–Kier alpha value is -1.82. The third kappa shape index (κ3) is 3.57. The fraction of sp³-hybridized carbons (Fsp3) is 0.538. The Labute approximate surface area is 112 Å². The molecular formula is C13H19N3O3. The number of rotatable bonds is 3. The molecule has 6 nitrogen and oxygen atoms in total. The van der Waals surface area contributed by atoms with Crippen LogP contribution in [0.1, 0.15) is 12.8 Å². The van der Waals surface area contributed by atoms with Gasteiger partial charge in [-0.05, 0) is 24.8 Å². The Morgan fingerprint density at radius 1 is 1.53 bits per heavy atom. The second-order valence-corrected chi connectivity index (χ2v) is 4.63. The second kappa shape index (κ2) is 6.38. The average Bonchev–Trinajstić information content (AvgIpc) is 2.48. The SMILES string of the molecule is COc1ccc(NC(=O)N2CCC(CO)CC2)cn1. The van der Waals surface area contributed by atoms with E-state index in [1.54, 1.807) is 30.3 Å². The van der Waals surface area contributed by atoms with E-state index in [4.69, 9.17) is 9.84 Å². The summed E-state index contributed by atoms with van der Waals surface area (Å²) >= 11 is 0. The van der Waals surface area contributed by atoms with Crippen molar-refractivity contribution in [2.75, 3.05) is 32.1 Å². The van der Waals surface area contributed by atoms with Gasteiger partial charge in [0.25, 0.3) is 0 Å². The first-order valence-electron chi connectivity index (χ1n) is 6.39. The van der Waals surface area contributed by atoms with Crippen molar-refractivity contribution in [1.82, 2.24) is 9.88 Å². The number of pyridine rings is 1. The Morgan fingerprint density at radius 3 is 2.79 bits per heavy atom. The molecule has 0 unspecified atom stereocenters. The van der Waals surface area contributed by atoms with E-state index in [2.05, 4.69) is 10.3 Å². The zero-order chi connectivity index (χ0) is 13.7. The number of carbonyl (C=O) groups is 1. The lowest BCUT2D eigenvalue weighted by atomic mass is 9.98. The zero-order valence-electron chi connectivity index (χ0n) is 11.0. The van der Waals surface area contributed by atoms with Gasteiger partial charge >= 0.3 is 6.03 Å². The van der Waals surface area contributed by atoms with Crippen LogP contribution in [-0.4, -0.2) is 47.8 Å². The average molecular weight is 265 g/mol. The number of ether oxygens (including phenoxy) is 1. The molecule has 0 radical (unpaired) electrons. The number of likely N-dealkylation sites (tertiary alicyclic amines) is 1. The van der Waals surface area contributed by atoms with Crippen LogP contribution in [-0.2, 0) is 0 Å². The van der Waals surface area contributed by atoms with E-state index in [9.17, 15) is 4.79 Å². The van der Waals surface area contributed by atoms with Crippen LogP contribution in [0.5, 0.6) is 5.88 Å². The van der Waals surface area contributed by atoms with E-state index in [1.807, 2.05) is 0 Å². The summed E-state index contributed by atoms with van der Waals surface area (Å²) in [4.78, 5) is 17.8. The number of aliphatic hydroxyl groups is 1. The first-order valence-corrected chi connectivity index (χ1v) is 6.39. The van der Waals surface area contributed by atoms with Crippen molar-refractivity contribution in [3.8, 4) is 5.88 Å². The lowest BCUT2D eigenvalue weighted by molar-refractivity contribution is 0.143. The third-order valence-electron chi connectivity index (χ3n) is 3.36. The van der Waals surface area contributed by atoms with Gasteiger partial charge in [0.2, 0.25) is 5.88 Å². The standard InChI is InChI=1S/C13H19N3O3/c1-19-12-3-2-11(8-14-12)15-13(18)16-6-4-10(9-17)5-7-16/h2-3,8,10,17H,4-7,9H2,1H3,(H,15,18). The first kappa shape index (κ1) is 13.6. The number of nitrogens with zero attached hydrogens (tertiary/aromatic N) is 2. The van der Waals surface area contributed by atoms with E-state index in [1.165, 1.54) is 0 Å². The molecule has 0 aliphatic carbocycles. The zero-order valence-corrected chi connectivity index (χ0v) is 11.0. The van der Waals surface area contributed by atoms with E-state index in [0.29, 0.717) is 30.6 Å². The molecule has 0 atom stereocenters. The number of aromatic nitrogens is 1. The van der Waals surface area contributed by atoms with Crippen LogP contribution in [0, 0.1) is 5.92 Å². The highest BCUT2D eigenvalue weighted by Gasteiger charge is 2.22. The summed E-state index contributed by atoms with van der Waals surface area (Å²) in [5, 5.41) is 11.9. The van der Waals surface area contributed by atoms with Crippen LogP contribution in [0.4, 0.5) is 10.5 Å². The van der Waals surface area contributed by atoms with Gasteiger partial charge in [-0.2, -0.15) is 0 Å². The number of urea groups is 1. The van der Waals surface area contributed by atoms with Crippen molar-refractivity contribution >= 4 is 11.7 Å². The number of carbonyl (C=O) groups excluding carboxylic acids is 1. The number of piperidine rings is 1. The van der Waals surface area contributed by atoms with Crippen LogP contribution >= 0.6 is 0 Å². The number of anilines is 1. The minimum absolute atomic E-state index is 0.122. The predicted octanol–water partition coefficient (Wildman–Crippen LogP) is 1.33. The van der Waals surface area contributed by atoms with Crippen LogP contribution in [0.25, 0.3) is 0 Å². The maximum absolute atomic E-state index is 12.0.